The first kappa shape index (κ1) is 22.4. The van der Waals surface area contributed by atoms with Crippen molar-refractivity contribution in [3.05, 3.63) is 0 Å². The topological polar surface area (TPSA) is 86.7 Å². The predicted octanol–water partition coefficient (Wildman–Crippen LogP) is 1.97. The quantitative estimate of drug-likeness (QED) is 0.461. The van der Waals surface area contributed by atoms with Crippen LogP contribution in [-0.4, -0.2) is 52.9 Å². The van der Waals surface area contributed by atoms with Crippen molar-refractivity contribution in [2.24, 2.45) is 0 Å². The molecule has 6 nitrogen and oxygen atoms in total. The van der Waals surface area contributed by atoms with Gasteiger partial charge in [-0.3, -0.25) is 8.37 Å². The van der Waals surface area contributed by atoms with Gasteiger partial charge in [-0.25, -0.2) is 0 Å². The van der Waals surface area contributed by atoms with Gasteiger partial charge in [0.15, 0.2) is 11.5 Å². The number of hydrogen-bond donors (Lipinski definition) is 0. The number of alkyl halides is 6. The third-order valence-corrected chi connectivity index (χ3v) is 4.67. The van der Waals surface area contributed by atoms with E-state index in [0.717, 1.165) is 6.92 Å². The summed E-state index contributed by atoms with van der Waals surface area (Å²) in [5.41, 5.74) is 0. The van der Waals surface area contributed by atoms with E-state index in [2.05, 4.69) is 8.37 Å². The van der Waals surface area contributed by atoms with Gasteiger partial charge in [0.05, 0.1) is 0 Å². The molecule has 0 saturated carbocycles. The van der Waals surface area contributed by atoms with Gasteiger partial charge in [0, 0.05) is 0 Å². The Labute approximate surface area is 129 Å². The molecular weight excluding hydrogens is 382 g/mol. The molecule has 0 aromatic rings. The highest BCUT2D eigenvalue weighted by atomic mass is 32.2. The minimum absolute atomic E-state index is 0.320. The molecule has 0 aliphatic carbocycles. The molecule has 0 aromatic heterocycles. The lowest BCUT2D eigenvalue weighted by atomic mass is 10.2. The molecule has 0 N–H and O–H groups in total. The smallest absolute Gasteiger partial charge is 0.264 e. The maximum Gasteiger partial charge on any atom is 0.405 e. The van der Waals surface area contributed by atoms with Crippen LogP contribution in [0.2, 0.25) is 0 Å². The monoisotopic (exact) mass is 396 g/mol. The van der Waals surface area contributed by atoms with Crippen LogP contribution in [0.5, 0.6) is 0 Å². The van der Waals surface area contributed by atoms with Crippen molar-refractivity contribution in [3.8, 4) is 0 Å². The number of rotatable bonds is 8. The Morgan fingerprint density at radius 1 is 0.826 bits per heavy atom. The van der Waals surface area contributed by atoms with Gasteiger partial charge in [-0.15, -0.1) is 0 Å². The molecule has 14 heteroatoms. The fourth-order valence-corrected chi connectivity index (χ4v) is 3.62. The molecule has 0 rings (SSSR count). The average Bonchev–Trinajstić information content (AvgIpc) is 2.17. The summed E-state index contributed by atoms with van der Waals surface area (Å²) in [4.78, 5) is 0. The van der Waals surface area contributed by atoms with Gasteiger partial charge < -0.3 is 0 Å². The Balaban J connectivity index is 4.99. The first-order chi connectivity index (χ1) is 9.96. The molecule has 0 radical (unpaired) electrons. The molecule has 2 unspecified atom stereocenters. The summed E-state index contributed by atoms with van der Waals surface area (Å²) in [6, 6.07) is 0. The standard InChI is InChI=1S/C9H14F6O6S2/c1-3-7(21-23(18,19)5-9(13,14)15)6(2)20-22(16,17)4-8(10,11)12/h6-7H,3-5H2,1-2H3. The first-order valence-electron chi connectivity index (χ1n) is 5.92. The molecule has 0 bridgehead atoms. The second kappa shape index (κ2) is 7.53. The van der Waals surface area contributed by atoms with Crippen LogP contribution in [0.4, 0.5) is 26.3 Å². The van der Waals surface area contributed by atoms with E-state index in [0.29, 0.717) is 0 Å². The zero-order chi connectivity index (χ0) is 18.7. The Morgan fingerprint density at radius 3 is 1.48 bits per heavy atom. The minimum atomic E-state index is -5.11. The summed E-state index contributed by atoms with van der Waals surface area (Å²) in [5, 5.41) is 0. The van der Waals surface area contributed by atoms with Crippen molar-refractivity contribution >= 4 is 20.2 Å². The molecule has 0 spiro atoms. The Bertz CT molecular complexity index is 579. The lowest BCUT2D eigenvalue weighted by Crippen LogP contribution is -2.37. The summed E-state index contributed by atoms with van der Waals surface area (Å²) in [6.45, 7) is 2.09. The summed E-state index contributed by atoms with van der Waals surface area (Å²) in [6.07, 6.45) is -14.0. The SMILES string of the molecule is CCC(OS(=O)(=O)CC(F)(F)F)C(C)OS(=O)(=O)CC(F)(F)F. The second-order valence-corrected chi connectivity index (χ2v) is 7.67. The van der Waals surface area contributed by atoms with Crippen LogP contribution in [0.25, 0.3) is 0 Å². The van der Waals surface area contributed by atoms with Crippen LogP contribution >= 0.6 is 0 Å². The zero-order valence-electron chi connectivity index (χ0n) is 11.8. The van der Waals surface area contributed by atoms with Gasteiger partial charge in [0.2, 0.25) is 0 Å². The van der Waals surface area contributed by atoms with E-state index in [1.165, 1.54) is 6.92 Å². The molecular formula is C9H14F6O6S2. The Kier molecular flexibility index (Phi) is 7.33. The van der Waals surface area contributed by atoms with Crippen LogP contribution in [0.3, 0.4) is 0 Å². The Hall–Kier alpha value is -0.600. The van der Waals surface area contributed by atoms with Gasteiger partial charge in [-0.05, 0) is 13.3 Å². The number of halogens is 6. The van der Waals surface area contributed by atoms with Gasteiger partial charge >= 0.3 is 12.4 Å². The van der Waals surface area contributed by atoms with Crippen LogP contribution in [-0.2, 0) is 28.6 Å². The molecule has 0 aliphatic rings. The maximum absolute atomic E-state index is 12.1. The lowest BCUT2D eigenvalue weighted by molar-refractivity contribution is -0.110. The van der Waals surface area contributed by atoms with Gasteiger partial charge in [0.25, 0.3) is 20.2 Å². The average molecular weight is 396 g/mol. The maximum atomic E-state index is 12.1. The van der Waals surface area contributed by atoms with Gasteiger partial charge in [-0.2, -0.15) is 43.2 Å². The summed E-state index contributed by atoms with van der Waals surface area (Å²) >= 11 is 0. The molecule has 140 valence electrons. The van der Waals surface area contributed by atoms with E-state index < -0.39 is 56.3 Å². The van der Waals surface area contributed by atoms with E-state index in [1.54, 1.807) is 0 Å². The highest BCUT2D eigenvalue weighted by molar-refractivity contribution is 7.87. The van der Waals surface area contributed by atoms with Crippen molar-refractivity contribution in [1.29, 1.82) is 0 Å². The molecule has 0 heterocycles. The molecule has 0 aromatic carbocycles. The molecule has 0 fully saturated rings. The van der Waals surface area contributed by atoms with Crippen LogP contribution < -0.4 is 0 Å². The van der Waals surface area contributed by atoms with E-state index in [1.807, 2.05) is 0 Å². The number of hydrogen-bond acceptors (Lipinski definition) is 6. The fourth-order valence-electron chi connectivity index (χ4n) is 1.43. The van der Waals surface area contributed by atoms with Crippen molar-refractivity contribution < 1.29 is 51.5 Å². The normalized spacial score (nSPS) is 17.0. The third kappa shape index (κ3) is 10.7. The van der Waals surface area contributed by atoms with Crippen molar-refractivity contribution in [3.63, 3.8) is 0 Å². The minimum Gasteiger partial charge on any atom is -0.264 e. The fraction of sp³-hybridized carbons (Fsp3) is 1.00. The molecule has 0 saturated heterocycles. The lowest BCUT2D eigenvalue weighted by Gasteiger charge is -2.23. The third-order valence-electron chi connectivity index (χ3n) is 2.18. The van der Waals surface area contributed by atoms with Crippen LogP contribution in [0, 0.1) is 0 Å². The Morgan fingerprint density at radius 2 is 1.17 bits per heavy atom. The van der Waals surface area contributed by atoms with Gasteiger partial charge in [-0.1, -0.05) is 6.92 Å². The zero-order valence-corrected chi connectivity index (χ0v) is 13.4. The summed E-state index contributed by atoms with van der Waals surface area (Å²) in [7, 11) is -10.2. The largest absolute Gasteiger partial charge is 0.405 e. The van der Waals surface area contributed by atoms with E-state index in [4.69, 9.17) is 0 Å². The van der Waals surface area contributed by atoms with Crippen LogP contribution in [0.15, 0.2) is 0 Å². The van der Waals surface area contributed by atoms with E-state index in [-0.39, 0.29) is 6.42 Å². The van der Waals surface area contributed by atoms with Crippen molar-refractivity contribution in [2.45, 2.75) is 44.8 Å². The highest BCUT2D eigenvalue weighted by Crippen LogP contribution is 2.23. The molecule has 2 atom stereocenters. The van der Waals surface area contributed by atoms with Crippen LogP contribution in [0.1, 0.15) is 20.3 Å². The summed E-state index contributed by atoms with van der Waals surface area (Å²) < 4.78 is 125. The molecule has 23 heavy (non-hydrogen) atoms. The van der Waals surface area contributed by atoms with E-state index in [9.17, 15) is 43.2 Å². The van der Waals surface area contributed by atoms with Gasteiger partial charge in [0.1, 0.15) is 12.2 Å². The van der Waals surface area contributed by atoms with Crippen molar-refractivity contribution in [2.75, 3.05) is 11.5 Å². The predicted molar refractivity (Wildman–Crippen MR) is 65.4 cm³/mol. The highest BCUT2D eigenvalue weighted by Gasteiger charge is 2.40. The first-order valence-corrected chi connectivity index (χ1v) is 9.07. The molecule has 0 aliphatic heterocycles. The second-order valence-electron chi connectivity index (χ2n) is 4.48. The molecule has 0 amide bonds. The van der Waals surface area contributed by atoms with Crippen molar-refractivity contribution in [1.82, 2.24) is 0 Å². The summed E-state index contributed by atoms with van der Waals surface area (Å²) in [5.74, 6) is -4.64. The van der Waals surface area contributed by atoms with E-state index >= 15 is 0 Å².